The number of benzene rings is 2. The zero-order valence-electron chi connectivity index (χ0n) is 19.6. The van der Waals surface area contributed by atoms with Crippen molar-refractivity contribution in [3.63, 3.8) is 0 Å². The fraction of sp³-hybridized carbons (Fsp3) is 0.261. The highest BCUT2D eigenvalue weighted by molar-refractivity contribution is 5.91. The van der Waals surface area contributed by atoms with Crippen LogP contribution in [0, 0.1) is 0 Å². The second kappa shape index (κ2) is 12.5. The number of carbonyl (C=O) groups is 2. The molecule has 2 amide bonds. The van der Waals surface area contributed by atoms with Crippen molar-refractivity contribution in [3.05, 3.63) is 42.6 Å². The van der Waals surface area contributed by atoms with Crippen molar-refractivity contribution >= 4 is 30.1 Å². The molecule has 11 nitrogen and oxygen atoms in total. The molecule has 3 rings (SSSR count). The molecule has 0 aliphatic carbocycles. The number of hydrogen-bond donors (Lipinski definition) is 2. The number of hydrogen-bond acceptors (Lipinski definition) is 8. The maximum atomic E-state index is 12.5. The van der Waals surface area contributed by atoms with Gasteiger partial charge in [0.05, 0.1) is 46.7 Å². The number of aromatic nitrogens is 1. The molecule has 0 aliphatic heterocycles. The van der Waals surface area contributed by atoms with Gasteiger partial charge in [0.15, 0.2) is 17.3 Å². The highest BCUT2D eigenvalue weighted by Gasteiger charge is 2.21. The van der Waals surface area contributed by atoms with Crippen LogP contribution in [-0.4, -0.2) is 57.2 Å². The SMILES string of the molecule is COc1cc(-c2oncc2-c2cccc(N(OC)C(=O)NCCC(=O)O)c2)cc(OC)c1OC.Cl. The Morgan fingerprint density at radius 1 is 1.03 bits per heavy atom. The van der Waals surface area contributed by atoms with Crippen molar-refractivity contribution < 1.29 is 38.3 Å². The molecule has 12 heteroatoms. The molecule has 0 bridgehead atoms. The van der Waals surface area contributed by atoms with Crippen LogP contribution >= 0.6 is 12.4 Å². The number of urea groups is 1. The molecule has 0 saturated heterocycles. The summed E-state index contributed by atoms with van der Waals surface area (Å²) in [5.74, 6) is 0.791. The molecule has 1 aromatic heterocycles. The first-order chi connectivity index (χ1) is 16.4. The number of ether oxygens (including phenoxy) is 3. The normalized spacial score (nSPS) is 10.2. The average Bonchev–Trinajstić information content (AvgIpc) is 3.33. The van der Waals surface area contributed by atoms with Crippen LogP contribution in [0.15, 0.2) is 47.1 Å². The van der Waals surface area contributed by atoms with E-state index in [1.165, 1.54) is 28.4 Å². The molecule has 188 valence electrons. The number of nitrogens with zero attached hydrogens (tertiary/aromatic N) is 2. The zero-order chi connectivity index (χ0) is 24.7. The summed E-state index contributed by atoms with van der Waals surface area (Å²) in [5, 5.41) is 16.2. The minimum atomic E-state index is -1.02. The van der Waals surface area contributed by atoms with E-state index in [0.717, 1.165) is 5.06 Å². The van der Waals surface area contributed by atoms with E-state index in [4.69, 9.17) is 28.7 Å². The second-order valence-electron chi connectivity index (χ2n) is 6.89. The monoisotopic (exact) mass is 507 g/mol. The number of carboxylic acid groups (broad SMARTS) is 1. The fourth-order valence-electron chi connectivity index (χ4n) is 3.32. The lowest BCUT2D eigenvalue weighted by atomic mass is 10.0. The number of halogens is 1. The summed E-state index contributed by atoms with van der Waals surface area (Å²) in [5.41, 5.74) is 2.41. The van der Waals surface area contributed by atoms with Gasteiger partial charge in [0.1, 0.15) is 0 Å². The molecular weight excluding hydrogens is 482 g/mol. The zero-order valence-corrected chi connectivity index (χ0v) is 20.4. The van der Waals surface area contributed by atoms with Crippen LogP contribution in [-0.2, 0) is 9.63 Å². The van der Waals surface area contributed by atoms with Gasteiger partial charge in [-0.2, -0.15) is 5.06 Å². The minimum Gasteiger partial charge on any atom is -0.493 e. The molecule has 0 radical (unpaired) electrons. The van der Waals surface area contributed by atoms with Gasteiger partial charge in [0.2, 0.25) is 5.75 Å². The quantitative estimate of drug-likeness (QED) is 0.390. The predicted molar refractivity (Wildman–Crippen MR) is 129 cm³/mol. The summed E-state index contributed by atoms with van der Waals surface area (Å²) in [6, 6.07) is 9.85. The molecular formula is C23H26ClN3O8. The number of carboxylic acids is 1. The average molecular weight is 508 g/mol. The topological polar surface area (TPSA) is 133 Å². The largest absolute Gasteiger partial charge is 0.493 e. The molecule has 0 saturated carbocycles. The standard InChI is InChI=1S/C23H25N3O8.ClH/c1-30-18-11-15(12-19(31-2)22(18)32-3)21-17(13-25-34-21)14-6-5-7-16(10-14)26(33-4)23(29)24-9-8-20(27)28;/h5-7,10-13H,8-9H2,1-4H3,(H,24,29)(H,27,28);1H. The number of hydroxylamine groups is 1. The van der Waals surface area contributed by atoms with Crippen LogP contribution in [0.25, 0.3) is 22.5 Å². The van der Waals surface area contributed by atoms with Crippen molar-refractivity contribution in [2.75, 3.05) is 40.0 Å². The Labute approximate surface area is 207 Å². The fourth-order valence-corrected chi connectivity index (χ4v) is 3.32. The van der Waals surface area contributed by atoms with Gasteiger partial charge in [0.25, 0.3) is 0 Å². The van der Waals surface area contributed by atoms with Crippen molar-refractivity contribution in [1.82, 2.24) is 10.5 Å². The van der Waals surface area contributed by atoms with Gasteiger partial charge in [-0.25, -0.2) is 4.79 Å². The van der Waals surface area contributed by atoms with E-state index >= 15 is 0 Å². The van der Waals surface area contributed by atoms with Crippen LogP contribution < -0.4 is 24.6 Å². The van der Waals surface area contributed by atoms with Gasteiger partial charge in [-0.1, -0.05) is 17.3 Å². The Kier molecular flexibility index (Phi) is 9.74. The number of methoxy groups -OCH3 is 3. The van der Waals surface area contributed by atoms with E-state index in [2.05, 4.69) is 10.5 Å². The lowest BCUT2D eigenvalue weighted by Gasteiger charge is -2.20. The molecule has 2 aromatic carbocycles. The predicted octanol–water partition coefficient (Wildman–Crippen LogP) is 4.01. The first-order valence-corrected chi connectivity index (χ1v) is 10.1. The Bertz CT molecular complexity index is 1140. The van der Waals surface area contributed by atoms with E-state index in [-0.39, 0.29) is 25.4 Å². The molecule has 0 aliphatic rings. The highest BCUT2D eigenvalue weighted by Crippen LogP contribution is 2.43. The second-order valence-corrected chi connectivity index (χ2v) is 6.89. The summed E-state index contributed by atoms with van der Waals surface area (Å²) >= 11 is 0. The minimum absolute atomic E-state index is 0. The van der Waals surface area contributed by atoms with Crippen LogP contribution in [0.1, 0.15) is 6.42 Å². The first kappa shape index (κ1) is 27.3. The third-order valence-electron chi connectivity index (χ3n) is 4.87. The summed E-state index contributed by atoms with van der Waals surface area (Å²) < 4.78 is 21.8. The number of carbonyl (C=O) groups excluding carboxylic acids is 1. The number of anilines is 1. The summed E-state index contributed by atoms with van der Waals surface area (Å²) in [7, 11) is 5.90. The van der Waals surface area contributed by atoms with Crippen LogP contribution in [0.3, 0.4) is 0 Å². The van der Waals surface area contributed by atoms with Crippen molar-refractivity contribution in [1.29, 1.82) is 0 Å². The lowest BCUT2D eigenvalue weighted by Crippen LogP contribution is -2.40. The molecule has 35 heavy (non-hydrogen) atoms. The van der Waals surface area contributed by atoms with Gasteiger partial charge >= 0.3 is 12.0 Å². The molecule has 2 N–H and O–H groups in total. The Hall–Kier alpha value is -3.96. The van der Waals surface area contributed by atoms with Gasteiger partial charge in [-0.15, -0.1) is 12.4 Å². The summed E-state index contributed by atoms with van der Waals surface area (Å²) in [6.45, 7) is -0.0371. The molecule has 0 unspecified atom stereocenters. The Morgan fingerprint density at radius 3 is 2.29 bits per heavy atom. The summed E-state index contributed by atoms with van der Waals surface area (Å²) in [6.07, 6.45) is 1.35. The van der Waals surface area contributed by atoms with E-state index in [1.807, 2.05) is 6.07 Å². The van der Waals surface area contributed by atoms with E-state index in [0.29, 0.717) is 45.4 Å². The molecule has 0 fully saturated rings. The van der Waals surface area contributed by atoms with E-state index < -0.39 is 12.0 Å². The van der Waals surface area contributed by atoms with Crippen LogP contribution in [0.4, 0.5) is 10.5 Å². The van der Waals surface area contributed by atoms with Gasteiger partial charge in [0, 0.05) is 17.7 Å². The van der Waals surface area contributed by atoms with Crippen molar-refractivity contribution in [2.45, 2.75) is 6.42 Å². The molecule has 0 atom stereocenters. The highest BCUT2D eigenvalue weighted by atomic mass is 35.5. The molecule has 1 heterocycles. The van der Waals surface area contributed by atoms with Crippen LogP contribution in [0.5, 0.6) is 17.2 Å². The summed E-state index contributed by atoms with van der Waals surface area (Å²) in [4.78, 5) is 28.4. The third-order valence-corrected chi connectivity index (χ3v) is 4.87. The maximum absolute atomic E-state index is 12.5. The first-order valence-electron chi connectivity index (χ1n) is 10.1. The smallest absolute Gasteiger partial charge is 0.346 e. The number of amides is 2. The van der Waals surface area contributed by atoms with Crippen LogP contribution in [0.2, 0.25) is 0 Å². The van der Waals surface area contributed by atoms with Gasteiger partial charge < -0.3 is 29.2 Å². The third kappa shape index (κ3) is 6.14. The molecule has 3 aromatic rings. The van der Waals surface area contributed by atoms with Crippen molar-refractivity contribution in [3.8, 4) is 39.7 Å². The van der Waals surface area contributed by atoms with Gasteiger partial charge in [-0.3, -0.25) is 9.63 Å². The Morgan fingerprint density at radius 2 is 1.71 bits per heavy atom. The van der Waals surface area contributed by atoms with E-state index in [1.54, 1.807) is 36.5 Å². The molecule has 0 spiro atoms. The maximum Gasteiger partial charge on any atom is 0.346 e. The van der Waals surface area contributed by atoms with E-state index in [9.17, 15) is 9.59 Å². The van der Waals surface area contributed by atoms with Crippen molar-refractivity contribution in [2.24, 2.45) is 0 Å². The number of aliphatic carboxylic acids is 1. The lowest BCUT2D eigenvalue weighted by molar-refractivity contribution is -0.136. The van der Waals surface area contributed by atoms with Gasteiger partial charge in [-0.05, 0) is 29.8 Å². The number of rotatable bonds is 10. The Balaban J connectivity index is 0.00000432. The number of nitrogens with one attached hydrogen (secondary N) is 1.